The summed E-state index contributed by atoms with van der Waals surface area (Å²) in [5.41, 5.74) is 2.39. The number of anilines is 2. The van der Waals surface area contributed by atoms with E-state index in [0.29, 0.717) is 33.9 Å². The van der Waals surface area contributed by atoms with Gasteiger partial charge in [0.25, 0.3) is 0 Å². The van der Waals surface area contributed by atoms with Gasteiger partial charge >= 0.3 is 0 Å². The topological polar surface area (TPSA) is 93.2 Å². The average Bonchev–Trinajstić information content (AvgIpc) is 3.57. The summed E-state index contributed by atoms with van der Waals surface area (Å²) in [5.74, 6) is 1.80. The number of rotatable bonds is 7. The highest BCUT2D eigenvalue weighted by Gasteiger charge is 2.30. The van der Waals surface area contributed by atoms with Crippen molar-refractivity contribution in [2.45, 2.75) is 58.3 Å². The lowest BCUT2D eigenvalue weighted by molar-refractivity contribution is -0.118. The minimum atomic E-state index is 0.0310. The maximum atomic E-state index is 12.5. The van der Waals surface area contributed by atoms with E-state index in [1.165, 1.54) is 30.6 Å². The standard InChI is InChI=1S/C25H28N4O3S/c1-15-7-10-18(26-21(30)13-16-5-3-2-4-6-16)14-20(15)32-22-12-11-19-24(28-22)33-25(27-19)29-23(31)17-8-9-17/h7,10-12,14,16-17H,2-6,8-9,13H2,1H3,(H,26,30)(H,27,29,31). The lowest BCUT2D eigenvalue weighted by Crippen LogP contribution is -2.18. The fourth-order valence-corrected chi connectivity index (χ4v) is 5.06. The molecular formula is C25H28N4O3S. The minimum absolute atomic E-state index is 0.0310. The minimum Gasteiger partial charge on any atom is -0.439 e. The first-order valence-electron chi connectivity index (χ1n) is 11.7. The molecule has 0 atom stereocenters. The Labute approximate surface area is 197 Å². The van der Waals surface area contributed by atoms with Gasteiger partial charge in [0.15, 0.2) is 5.13 Å². The molecule has 2 amide bonds. The van der Waals surface area contributed by atoms with E-state index in [9.17, 15) is 9.59 Å². The summed E-state index contributed by atoms with van der Waals surface area (Å²) in [5, 5.41) is 6.45. The lowest BCUT2D eigenvalue weighted by Gasteiger charge is -2.21. The first-order chi connectivity index (χ1) is 16.0. The van der Waals surface area contributed by atoms with Crippen LogP contribution in [-0.2, 0) is 9.59 Å². The van der Waals surface area contributed by atoms with E-state index in [1.54, 1.807) is 6.07 Å². The highest BCUT2D eigenvalue weighted by molar-refractivity contribution is 7.21. The molecule has 0 saturated heterocycles. The Bertz CT molecular complexity index is 1180. The van der Waals surface area contributed by atoms with Crippen LogP contribution in [0.25, 0.3) is 10.3 Å². The fourth-order valence-electron chi connectivity index (χ4n) is 4.23. The zero-order chi connectivity index (χ0) is 22.8. The van der Waals surface area contributed by atoms with Crippen LogP contribution in [0.15, 0.2) is 30.3 Å². The molecule has 3 aromatic rings. The molecule has 172 valence electrons. The summed E-state index contributed by atoms with van der Waals surface area (Å²) in [4.78, 5) is 34.2. The van der Waals surface area contributed by atoms with E-state index in [-0.39, 0.29) is 17.7 Å². The number of ether oxygens (including phenoxy) is 1. The monoisotopic (exact) mass is 464 g/mol. The second kappa shape index (κ2) is 9.47. The zero-order valence-electron chi connectivity index (χ0n) is 18.7. The SMILES string of the molecule is Cc1ccc(NC(=O)CC2CCCCC2)cc1Oc1ccc2nc(NC(=O)C3CC3)sc2n1. The summed E-state index contributed by atoms with van der Waals surface area (Å²) >= 11 is 1.34. The van der Waals surface area contributed by atoms with Gasteiger partial charge in [-0.1, -0.05) is 36.7 Å². The van der Waals surface area contributed by atoms with E-state index in [1.807, 2.05) is 31.2 Å². The molecular weight excluding hydrogens is 436 g/mol. The smallest absolute Gasteiger partial charge is 0.229 e. The summed E-state index contributed by atoms with van der Waals surface area (Å²) in [6.07, 6.45) is 8.51. The number of hydrogen-bond acceptors (Lipinski definition) is 6. The van der Waals surface area contributed by atoms with Gasteiger partial charge in [-0.25, -0.2) is 9.97 Å². The van der Waals surface area contributed by atoms with Crippen molar-refractivity contribution in [2.75, 3.05) is 10.6 Å². The van der Waals surface area contributed by atoms with Crippen molar-refractivity contribution < 1.29 is 14.3 Å². The van der Waals surface area contributed by atoms with Gasteiger partial charge in [-0.05, 0) is 56.2 Å². The summed E-state index contributed by atoms with van der Waals surface area (Å²) in [6.45, 7) is 1.96. The van der Waals surface area contributed by atoms with Gasteiger partial charge < -0.3 is 15.4 Å². The Kier molecular flexibility index (Phi) is 6.26. The van der Waals surface area contributed by atoms with E-state index < -0.39 is 0 Å². The highest BCUT2D eigenvalue weighted by Crippen LogP contribution is 2.34. The van der Waals surface area contributed by atoms with Crippen LogP contribution in [0.3, 0.4) is 0 Å². The van der Waals surface area contributed by atoms with E-state index >= 15 is 0 Å². The van der Waals surface area contributed by atoms with Gasteiger partial charge in [0.1, 0.15) is 16.1 Å². The molecule has 7 nitrogen and oxygen atoms in total. The average molecular weight is 465 g/mol. The molecule has 2 fully saturated rings. The van der Waals surface area contributed by atoms with Crippen LogP contribution in [0.4, 0.5) is 10.8 Å². The number of carbonyl (C=O) groups is 2. The molecule has 2 heterocycles. The number of carbonyl (C=O) groups excluding carboxylic acids is 2. The third-order valence-electron chi connectivity index (χ3n) is 6.29. The van der Waals surface area contributed by atoms with Crippen molar-refractivity contribution in [3.05, 3.63) is 35.9 Å². The third kappa shape index (κ3) is 5.50. The number of amides is 2. The molecule has 0 aliphatic heterocycles. The highest BCUT2D eigenvalue weighted by atomic mass is 32.1. The van der Waals surface area contributed by atoms with Crippen LogP contribution < -0.4 is 15.4 Å². The molecule has 5 rings (SSSR count). The van der Waals surface area contributed by atoms with E-state index in [2.05, 4.69) is 20.6 Å². The maximum absolute atomic E-state index is 12.5. The first kappa shape index (κ1) is 21.8. The van der Waals surface area contributed by atoms with E-state index in [4.69, 9.17) is 4.74 Å². The van der Waals surface area contributed by atoms with Crippen molar-refractivity contribution in [1.82, 2.24) is 9.97 Å². The first-order valence-corrected chi connectivity index (χ1v) is 12.5. The molecule has 1 aromatic carbocycles. The normalized spacial score (nSPS) is 16.5. The van der Waals surface area contributed by atoms with Gasteiger partial charge in [-0.2, -0.15) is 0 Å². The van der Waals surface area contributed by atoms with Gasteiger partial charge in [-0.3, -0.25) is 9.59 Å². The van der Waals surface area contributed by atoms with Crippen LogP contribution in [0.2, 0.25) is 0 Å². The van der Waals surface area contributed by atoms with Crippen molar-refractivity contribution in [2.24, 2.45) is 11.8 Å². The Morgan fingerprint density at radius 3 is 2.64 bits per heavy atom. The molecule has 0 unspecified atom stereocenters. The Hall–Kier alpha value is -3.00. The van der Waals surface area contributed by atoms with Gasteiger partial charge in [-0.15, -0.1) is 0 Å². The molecule has 2 aliphatic rings. The van der Waals surface area contributed by atoms with Crippen LogP contribution >= 0.6 is 11.3 Å². The predicted octanol–water partition coefficient (Wildman–Crippen LogP) is 6.05. The summed E-state index contributed by atoms with van der Waals surface area (Å²) in [7, 11) is 0. The second-order valence-corrected chi connectivity index (χ2v) is 10.1. The summed E-state index contributed by atoms with van der Waals surface area (Å²) < 4.78 is 6.06. The number of nitrogens with zero attached hydrogens (tertiary/aromatic N) is 2. The summed E-state index contributed by atoms with van der Waals surface area (Å²) in [6, 6.07) is 9.28. The van der Waals surface area contributed by atoms with Gasteiger partial charge in [0.05, 0.1) is 0 Å². The molecule has 0 radical (unpaired) electrons. The Balaban J connectivity index is 1.26. The van der Waals surface area contributed by atoms with Crippen LogP contribution in [0.5, 0.6) is 11.6 Å². The largest absolute Gasteiger partial charge is 0.439 e. The van der Waals surface area contributed by atoms with Gasteiger partial charge in [0, 0.05) is 30.2 Å². The molecule has 2 aromatic heterocycles. The second-order valence-electron chi connectivity index (χ2n) is 9.09. The molecule has 33 heavy (non-hydrogen) atoms. The van der Waals surface area contributed by atoms with E-state index in [0.717, 1.165) is 42.5 Å². The molecule has 2 N–H and O–H groups in total. The maximum Gasteiger partial charge on any atom is 0.229 e. The number of fused-ring (bicyclic) bond motifs is 1. The number of benzene rings is 1. The van der Waals surface area contributed by atoms with Crippen molar-refractivity contribution in [3.8, 4) is 11.6 Å². The third-order valence-corrected chi connectivity index (χ3v) is 7.17. The molecule has 0 bridgehead atoms. The van der Waals surface area contributed by atoms with Crippen molar-refractivity contribution >= 4 is 44.3 Å². The van der Waals surface area contributed by atoms with Crippen LogP contribution in [-0.4, -0.2) is 21.8 Å². The number of aryl methyl sites for hydroxylation is 1. The molecule has 2 aliphatic carbocycles. The van der Waals surface area contributed by atoms with Crippen molar-refractivity contribution in [3.63, 3.8) is 0 Å². The predicted molar refractivity (Wildman–Crippen MR) is 130 cm³/mol. The van der Waals surface area contributed by atoms with Crippen LogP contribution in [0, 0.1) is 18.8 Å². The molecule has 2 saturated carbocycles. The number of thiazole rings is 1. The zero-order valence-corrected chi connectivity index (χ0v) is 19.5. The number of pyridine rings is 1. The number of aromatic nitrogens is 2. The Morgan fingerprint density at radius 2 is 1.85 bits per heavy atom. The van der Waals surface area contributed by atoms with Crippen molar-refractivity contribution in [1.29, 1.82) is 0 Å². The number of nitrogens with one attached hydrogen (secondary N) is 2. The molecule has 8 heteroatoms. The quantitative estimate of drug-likeness (QED) is 0.444. The fraction of sp³-hybridized carbons (Fsp3) is 0.440. The lowest BCUT2D eigenvalue weighted by atomic mass is 9.87. The number of hydrogen-bond donors (Lipinski definition) is 2. The van der Waals surface area contributed by atoms with Crippen LogP contribution in [0.1, 0.15) is 56.9 Å². The van der Waals surface area contributed by atoms with Gasteiger partial charge in [0.2, 0.25) is 17.7 Å². The Morgan fingerprint density at radius 1 is 1.03 bits per heavy atom. The molecule has 0 spiro atoms.